The Labute approximate surface area is 183 Å². The number of unbranched alkanes of at least 4 members (excludes halogenated alkanes) is 10. The van der Waals surface area contributed by atoms with Gasteiger partial charge >= 0.3 is 0 Å². The molecular formula is C25H42OS2. The molecule has 0 fully saturated rings. The highest BCUT2D eigenvalue weighted by molar-refractivity contribution is 8.02. The van der Waals surface area contributed by atoms with E-state index in [1.165, 1.54) is 94.1 Å². The lowest BCUT2D eigenvalue weighted by Crippen LogP contribution is -2.11. The van der Waals surface area contributed by atoms with Gasteiger partial charge in [-0.2, -0.15) is 11.8 Å². The summed E-state index contributed by atoms with van der Waals surface area (Å²) in [6.45, 7) is 6.48. The number of hydrogen-bond acceptors (Lipinski definition) is 3. The average Bonchev–Trinajstić information content (AvgIpc) is 2.69. The van der Waals surface area contributed by atoms with Gasteiger partial charge in [-0.15, -0.1) is 11.8 Å². The van der Waals surface area contributed by atoms with E-state index in [4.69, 9.17) is 0 Å². The predicted octanol–water partition coefficient (Wildman–Crippen LogP) is 8.51. The standard InChI is InChI=1S/C25H42OS2/c1-4-6-8-10-12-14-16-27-20-23-18-22(3)25(26)24(19-23)21-28-17-15-13-11-9-7-5-2/h18-20H,4-17,21H2,1-3H3/b23-20-. The van der Waals surface area contributed by atoms with Crippen LogP contribution in [0, 0.1) is 0 Å². The summed E-state index contributed by atoms with van der Waals surface area (Å²) in [7, 11) is 0. The molecule has 0 unspecified atom stereocenters. The van der Waals surface area contributed by atoms with Crippen molar-refractivity contribution in [3.8, 4) is 0 Å². The fraction of sp³-hybridized carbons (Fsp3) is 0.720. The monoisotopic (exact) mass is 422 g/mol. The molecule has 1 nitrogen and oxygen atoms in total. The summed E-state index contributed by atoms with van der Waals surface area (Å²) in [6.07, 6.45) is 20.3. The van der Waals surface area contributed by atoms with E-state index < -0.39 is 0 Å². The minimum Gasteiger partial charge on any atom is -0.289 e. The zero-order valence-electron chi connectivity index (χ0n) is 18.6. The summed E-state index contributed by atoms with van der Waals surface area (Å²) >= 11 is 3.82. The highest BCUT2D eigenvalue weighted by Gasteiger charge is 2.16. The molecule has 0 spiro atoms. The molecule has 0 saturated heterocycles. The number of carbonyl (C=O) groups is 1. The molecule has 0 saturated carbocycles. The largest absolute Gasteiger partial charge is 0.289 e. The van der Waals surface area contributed by atoms with E-state index in [-0.39, 0.29) is 5.78 Å². The Hall–Kier alpha value is -0.410. The molecule has 0 bridgehead atoms. The van der Waals surface area contributed by atoms with E-state index in [2.05, 4.69) is 31.4 Å². The van der Waals surface area contributed by atoms with Gasteiger partial charge in [-0.1, -0.05) is 78.1 Å². The summed E-state index contributed by atoms with van der Waals surface area (Å²) in [4.78, 5) is 12.4. The van der Waals surface area contributed by atoms with Crippen molar-refractivity contribution in [1.82, 2.24) is 0 Å². The maximum Gasteiger partial charge on any atom is 0.185 e. The molecule has 0 amide bonds. The lowest BCUT2D eigenvalue weighted by molar-refractivity contribution is -0.112. The van der Waals surface area contributed by atoms with Gasteiger partial charge in [0.1, 0.15) is 0 Å². The van der Waals surface area contributed by atoms with E-state index in [9.17, 15) is 4.79 Å². The van der Waals surface area contributed by atoms with Gasteiger partial charge in [-0.3, -0.25) is 4.79 Å². The van der Waals surface area contributed by atoms with Crippen LogP contribution in [0.2, 0.25) is 0 Å². The Morgan fingerprint density at radius 1 is 0.786 bits per heavy atom. The first-order valence-corrected chi connectivity index (χ1v) is 13.7. The van der Waals surface area contributed by atoms with Crippen LogP contribution in [0.1, 0.15) is 97.8 Å². The van der Waals surface area contributed by atoms with Crippen LogP contribution in [0.25, 0.3) is 0 Å². The van der Waals surface area contributed by atoms with Crippen molar-refractivity contribution in [2.24, 2.45) is 0 Å². The van der Waals surface area contributed by atoms with Crippen molar-refractivity contribution in [3.63, 3.8) is 0 Å². The second-order valence-electron chi connectivity index (χ2n) is 7.90. The second-order valence-corrected chi connectivity index (χ2v) is 9.99. The first-order chi connectivity index (χ1) is 13.7. The fourth-order valence-electron chi connectivity index (χ4n) is 3.34. The molecule has 0 heterocycles. The number of rotatable bonds is 17. The van der Waals surface area contributed by atoms with Gasteiger partial charge in [-0.05, 0) is 60.0 Å². The lowest BCUT2D eigenvalue weighted by atomic mass is 9.97. The number of Topliss-reactive ketones (excluding diaryl/α,β-unsaturated/α-hetero) is 1. The van der Waals surface area contributed by atoms with Crippen molar-refractivity contribution in [3.05, 3.63) is 34.3 Å². The van der Waals surface area contributed by atoms with E-state index >= 15 is 0 Å². The van der Waals surface area contributed by atoms with Crippen LogP contribution in [0.15, 0.2) is 34.3 Å². The molecule has 0 radical (unpaired) electrons. The summed E-state index contributed by atoms with van der Waals surface area (Å²) in [6, 6.07) is 0. The Kier molecular flexibility index (Phi) is 16.0. The van der Waals surface area contributed by atoms with E-state index in [1.807, 2.05) is 30.4 Å². The highest BCUT2D eigenvalue weighted by atomic mass is 32.2. The molecule has 0 aromatic carbocycles. The number of hydrogen-bond donors (Lipinski definition) is 0. The highest BCUT2D eigenvalue weighted by Crippen LogP contribution is 2.24. The van der Waals surface area contributed by atoms with Crippen LogP contribution in [-0.4, -0.2) is 23.0 Å². The molecule has 160 valence electrons. The van der Waals surface area contributed by atoms with Crippen molar-refractivity contribution >= 4 is 29.3 Å². The average molecular weight is 423 g/mol. The van der Waals surface area contributed by atoms with Gasteiger partial charge in [0.15, 0.2) is 5.78 Å². The first kappa shape index (κ1) is 25.6. The van der Waals surface area contributed by atoms with Crippen LogP contribution in [-0.2, 0) is 4.79 Å². The van der Waals surface area contributed by atoms with Crippen molar-refractivity contribution in [1.29, 1.82) is 0 Å². The van der Waals surface area contributed by atoms with Crippen LogP contribution in [0.4, 0.5) is 0 Å². The maximum absolute atomic E-state index is 12.4. The SMILES string of the molecule is CCCCCCCCS/C=C1/C=C(C)C(=O)C(CSCCCCCCCC)=C1. The number of ketones is 1. The molecular weight excluding hydrogens is 380 g/mol. The lowest BCUT2D eigenvalue weighted by Gasteiger charge is -2.13. The molecule has 0 N–H and O–H groups in total. The number of thioether (sulfide) groups is 2. The van der Waals surface area contributed by atoms with Gasteiger partial charge < -0.3 is 0 Å². The van der Waals surface area contributed by atoms with Crippen LogP contribution >= 0.6 is 23.5 Å². The van der Waals surface area contributed by atoms with E-state index in [1.54, 1.807) is 0 Å². The van der Waals surface area contributed by atoms with Gasteiger partial charge in [0.05, 0.1) is 0 Å². The summed E-state index contributed by atoms with van der Waals surface area (Å²) in [5, 5.41) is 2.25. The maximum atomic E-state index is 12.4. The fourth-order valence-corrected chi connectivity index (χ4v) is 5.14. The molecule has 1 aliphatic rings. The van der Waals surface area contributed by atoms with Crippen molar-refractivity contribution in [2.75, 3.05) is 17.3 Å². The van der Waals surface area contributed by atoms with Crippen molar-refractivity contribution in [2.45, 2.75) is 97.8 Å². The van der Waals surface area contributed by atoms with Gasteiger partial charge in [-0.25, -0.2) is 0 Å². The normalized spacial score (nSPS) is 15.8. The molecule has 1 aliphatic carbocycles. The predicted molar refractivity (Wildman–Crippen MR) is 131 cm³/mol. The van der Waals surface area contributed by atoms with Crippen LogP contribution in [0.3, 0.4) is 0 Å². The molecule has 1 rings (SSSR count). The smallest absolute Gasteiger partial charge is 0.185 e. The summed E-state index contributed by atoms with van der Waals surface area (Å²) in [5.74, 6) is 3.46. The molecule has 0 aromatic rings. The third-order valence-electron chi connectivity index (χ3n) is 5.11. The molecule has 0 aromatic heterocycles. The third kappa shape index (κ3) is 12.2. The number of carbonyl (C=O) groups excluding carboxylic acids is 1. The molecule has 0 atom stereocenters. The number of allylic oxidation sites excluding steroid dienone is 4. The summed E-state index contributed by atoms with van der Waals surface area (Å²) < 4.78 is 0. The zero-order valence-corrected chi connectivity index (χ0v) is 20.2. The Balaban J connectivity index is 2.27. The first-order valence-electron chi connectivity index (χ1n) is 11.5. The Morgan fingerprint density at radius 3 is 2.00 bits per heavy atom. The Morgan fingerprint density at radius 2 is 1.36 bits per heavy atom. The minimum absolute atomic E-state index is 0.244. The third-order valence-corrected chi connectivity index (χ3v) is 7.16. The topological polar surface area (TPSA) is 17.1 Å². The molecule has 3 heteroatoms. The Bertz CT molecular complexity index is 517. The van der Waals surface area contributed by atoms with E-state index in [0.717, 1.165) is 16.9 Å². The van der Waals surface area contributed by atoms with Gasteiger partial charge in [0.2, 0.25) is 0 Å². The second kappa shape index (κ2) is 17.4. The van der Waals surface area contributed by atoms with E-state index in [0.29, 0.717) is 0 Å². The summed E-state index contributed by atoms with van der Waals surface area (Å²) in [5.41, 5.74) is 3.09. The van der Waals surface area contributed by atoms with Gasteiger partial charge in [0.25, 0.3) is 0 Å². The molecule has 28 heavy (non-hydrogen) atoms. The quantitative estimate of drug-likeness (QED) is 0.219. The van der Waals surface area contributed by atoms with Crippen LogP contribution < -0.4 is 0 Å². The minimum atomic E-state index is 0.244. The molecule has 0 aliphatic heterocycles. The zero-order chi connectivity index (χ0) is 20.5. The van der Waals surface area contributed by atoms with Gasteiger partial charge in [0, 0.05) is 11.3 Å². The van der Waals surface area contributed by atoms with Crippen LogP contribution in [0.5, 0.6) is 0 Å². The van der Waals surface area contributed by atoms with Crippen molar-refractivity contribution < 1.29 is 4.79 Å².